The van der Waals surface area contributed by atoms with E-state index >= 15 is 0 Å². The molecule has 3 nitrogen and oxygen atoms in total. The Morgan fingerprint density at radius 1 is 1.32 bits per heavy atom. The Morgan fingerprint density at radius 2 is 2.05 bits per heavy atom. The topological polar surface area (TPSA) is 41.1 Å². The molecule has 4 heteroatoms. The number of carbonyl (C=O) groups excluding carboxylic acids is 1. The Labute approximate surface area is 112 Å². The second-order valence-electron chi connectivity index (χ2n) is 5.65. The number of benzene rings is 1. The summed E-state index contributed by atoms with van der Waals surface area (Å²) in [5, 5.41) is 5.96. The van der Waals surface area contributed by atoms with Gasteiger partial charge in [-0.2, -0.15) is 0 Å². The van der Waals surface area contributed by atoms with Crippen LogP contribution in [-0.4, -0.2) is 19.0 Å². The Kier molecular flexibility index (Phi) is 3.27. The van der Waals surface area contributed by atoms with Crippen LogP contribution in [-0.2, 0) is 11.2 Å². The lowest BCUT2D eigenvalue weighted by molar-refractivity contribution is -0.116. The molecule has 1 atom stereocenters. The molecule has 0 radical (unpaired) electrons. The maximum Gasteiger partial charge on any atom is 0.231 e. The molecule has 1 aromatic rings. The molecular weight excluding hydrogens is 243 g/mol. The van der Waals surface area contributed by atoms with Gasteiger partial charge in [0, 0.05) is 0 Å². The number of piperidine rings is 1. The van der Waals surface area contributed by atoms with E-state index in [1.54, 1.807) is 6.07 Å². The number of rotatable bonds is 2. The highest BCUT2D eigenvalue weighted by molar-refractivity contribution is 6.02. The van der Waals surface area contributed by atoms with Crippen LogP contribution in [0.2, 0.25) is 0 Å². The third-order valence-corrected chi connectivity index (χ3v) is 4.27. The number of fused-ring (bicyclic) bond motifs is 1. The monoisotopic (exact) mass is 262 g/mol. The molecule has 0 spiro atoms. The van der Waals surface area contributed by atoms with Crippen LogP contribution in [0, 0.1) is 11.7 Å². The number of nitrogens with one attached hydrogen (secondary N) is 2. The molecule has 0 aromatic heterocycles. The van der Waals surface area contributed by atoms with Gasteiger partial charge in [0.2, 0.25) is 5.91 Å². The van der Waals surface area contributed by atoms with Crippen LogP contribution in [0.5, 0.6) is 0 Å². The van der Waals surface area contributed by atoms with Crippen molar-refractivity contribution in [2.45, 2.75) is 32.1 Å². The molecule has 1 amide bonds. The zero-order valence-corrected chi connectivity index (χ0v) is 11.1. The average Bonchev–Trinajstić information content (AvgIpc) is 2.68. The van der Waals surface area contributed by atoms with E-state index in [1.165, 1.54) is 0 Å². The van der Waals surface area contributed by atoms with Crippen molar-refractivity contribution in [1.82, 2.24) is 5.32 Å². The minimum atomic E-state index is -0.292. The maximum atomic E-state index is 14.0. The molecule has 3 rings (SSSR count). The number of amides is 1. The SMILES string of the molecule is CC1C(=O)Nc2c(F)cc(CC3CCNCC3)cc21. The molecule has 2 aliphatic heterocycles. The molecule has 2 aliphatic rings. The van der Waals surface area contributed by atoms with Crippen molar-refractivity contribution in [3.63, 3.8) is 0 Å². The molecule has 0 aliphatic carbocycles. The number of halogens is 1. The van der Waals surface area contributed by atoms with Crippen molar-refractivity contribution >= 4 is 11.6 Å². The predicted molar refractivity (Wildman–Crippen MR) is 72.7 cm³/mol. The van der Waals surface area contributed by atoms with Gasteiger partial charge in [-0.05, 0) is 62.4 Å². The summed E-state index contributed by atoms with van der Waals surface area (Å²) < 4.78 is 14.0. The number of hydrogen-bond acceptors (Lipinski definition) is 2. The fourth-order valence-corrected chi connectivity index (χ4v) is 3.07. The first kappa shape index (κ1) is 12.6. The molecule has 1 saturated heterocycles. The maximum absolute atomic E-state index is 14.0. The Bertz CT molecular complexity index is 509. The Balaban J connectivity index is 1.84. The van der Waals surface area contributed by atoms with E-state index in [1.807, 2.05) is 13.0 Å². The summed E-state index contributed by atoms with van der Waals surface area (Å²) in [6, 6.07) is 3.59. The van der Waals surface area contributed by atoms with Gasteiger partial charge < -0.3 is 10.6 Å². The predicted octanol–water partition coefficient (Wildman–Crippen LogP) is 2.42. The van der Waals surface area contributed by atoms with Crippen LogP contribution in [0.15, 0.2) is 12.1 Å². The normalized spacial score (nSPS) is 23.3. The quantitative estimate of drug-likeness (QED) is 0.859. The van der Waals surface area contributed by atoms with Gasteiger partial charge in [-0.15, -0.1) is 0 Å². The van der Waals surface area contributed by atoms with Crippen LogP contribution in [0.3, 0.4) is 0 Å². The van der Waals surface area contributed by atoms with Gasteiger partial charge in [-0.1, -0.05) is 6.07 Å². The smallest absolute Gasteiger partial charge is 0.231 e. The van der Waals surface area contributed by atoms with Crippen molar-refractivity contribution < 1.29 is 9.18 Å². The molecule has 102 valence electrons. The minimum Gasteiger partial charge on any atom is -0.323 e. The molecule has 2 N–H and O–H groups in total. The van der Waals surface area contributed by atoms with Crippen molar-refractivity contribution in [2.24, 2.45) is 5.92 Å². The van der Waals surface area contributed by atoms with E-state index in [0.717, 1.165) is 43.5 Å². The van der Waals surface area contributed by atoms with Gasteiger partial charge in [-0.3, -0.25) is 4.79 Å². The second kappa shape index (κ2) is 4.93. The fraction of sp³-hybridized carbons (Fsp3) is 0.533. The van der Waals surface area contributed by atoms with Crippen LogP contribution in [0.4, 0.5) is 10.1 Å². The van der Waals surface area contributed by atoms with Gasteiger partial charge in [0.05, 0.1) is 11.6 Å². The zero-order valence-electron chi connectivity index (χ0n) is 11.1. The number of carbonyl (C=O) groups is 1. The molecule has 1 unspecified atom stereocenters. The zero-order chi connectivity index (χ0) is 13.4. The van der Waals surface area contributed by atoms with Crippen molar-refractivity contribution in [1.29, 1.82) is 0 Å². The van der Waals surface area contributed by atoms with Crippen LogP contribution < -0.4 is 10.6 Å². The largest absolute Gasteiger partial charge is 0.323 e. The van der Waals surface area contributed by atoms with E-state index in [2.05, 4.69) is 10.6 Å². The Hall–Kier alpha value is -1.42. The molecule has 19 heavy (non-hydrogen) atoms. The summed E-state index contributed by atoms with van der Waals surface area (Å²) in [6.45, 7) is 3.93. The minimum absolute atomic E-state index is 0.104. The molecule has 1 fully saturated rings. The van der Waals surface area contributed by atoms with Gasteiger partial charge in [0.15, 0.2) is 0 Å². The summed E-state index contributed by atoms with van der Waals surface area (Å²) in [7, 11) is 0. The first-order valence-corrected chi connectivity index (χ1v) is 6.99. The molecule has 0 bridgehead atoms. The van der Waals surface area contributed by atoms with E-state index in [9.17, 15) is 9.18 Å². The van der Waals surface area contributed by atoms with Gasteiger partial charge in [0.1, 0.15) is 5.82 Å². The lowest BCUT2D eigenvalue weighted by Gasteiger charge is -2.22. The standard InChI is InChI=1S/C15H19FN2O/c1-9-12-7-11(6-10-2-4-17-5-3-10)8-13(16)14(12)18-15(9)19/h7-10,17H,2-6H2,1H3,(H,18,19). The van der Waals surface area contributed by atoms with Gasteiger partial charge >= 0.3 is 0 Å². The third kappa shape index (κ3) is 2.37. The first-order chi connectivity index (χ1) is 9.15. The lowest BCUT2D eigenvalue weighted by atomic mass is 9.89. The van der Waals surface area contributed by atoms with Gasteiger partial charge in [0.25, 0.3) is 0 Å². The molecule has 0 saturated carbocycles. The molecule has 1 aromatic carbocycles. The lowest BCUT2D eigenvalue weighted by Crippen LogP contribution is -2.28. The third-order valence-electron chi connectivity index (χ3n) is 4.27. The van der Waals surface area contributed by atoms with Crippen molar-refractivity contribution in [3.8, 4) is 0 Å². The van der Waals surface area contributed by atoms with Crippen LogP contribution >= 0.6 is 0 Å². The highest BCUT2D eigenvalue weighted by Crippen LogP contribution is 2.36. The summed E-state index contributed by atoms with van der Waals surface area (Å²) >= 11 is 0. The highest BCUT2D eigenvalue weighted by atomic mass is 19.1. The van der Waals surface area contributed by atoms with Crippen molar-refractivity contribution in [2.75, 3.05) is 18.4 Å². The summed E-state index contributed by atoms with van der Waals surface area (Å²) in [5.41, 5.74) is 2.21. The van der Waals surface area contributed by atoms with E-state index in [4.69, 9.17) is 0 Å². The van der Waals surface area contributed by atoms with Gasteiger partial charge in [-0.25, -0.2) is 4.39 Å². The number of hydrogen-bond donors (Lipinski definition) is 2. The summed E-state index contributed by atoms with van der Waals surface area (Å²) in [4.78, 5) is 11.6. The first-order valence-electron chi connectivity index (χ1n) is 6.99. The van der Waals surface area contributed by atoms with E-state index < -0.39 is 0 Å². The summed E-state index contributed by atoms with van der Waals surface area (Å²) in [6.07, 6.45) is 3.20. The van der Waals surface area contributed by atoms with E-state index in [0.29, 0.717) is 11.6 Å². The molecular formula is C15H19FN2O. The highest BCUT2D eigenvalue weighted by Gasteiger charge is 2.29. The second-order valence-corrected chi connectivity index (χ2v) is 5.65. The van der Waals surface area contributed by atoms with Crippen LogP contribution in [0.1, 0.15) is 36.8 Å². The van der Waals surface area contributed by atoms with Crippen LogP contribution in [0.25, 0.3) is 0 Å². The fourth-order valence-electron chi connectivity index (χ4n) is 3.07. The summed E-state index contributed by atoms with van der Waals surface area (Å²) in [5.74, 6) is -0.0106. The molecule has 2 heterocycles. The van der Waals surface area contributed by atoms with Crippen molar-refractivity contribution in [3.05, 3.63) is 29.1 Å². The average molecular weight is 262 g/mol. The van der Waals surface area contributed by atoms with E-state index in [-0.39, 0.29) is 17.6 Å². The number of anilines is 1. The Morgan fingerprint density at radius 3 is 2.79 bits per heavy atom.